The Balaban J connectivity index is 2.13. The Morgan fingerprint density at radius 3 is 2.81 bits per heavy atom. The summed E-state index contributed by atoms with van der Waals surface area (Å²) in [6.07, 6.45) is 1.96. The second-order valence-electron chi connectivity index (χ2n) is 4.68. The third-order valence-corrected chi connectivity index (χ3v) is 4.79. The van der Waals surface area contributed by atoms with Gasteiger partial charge in [-0.1, -0.05) is 19.4 Å². The molecule has 0 aliphatic rings. The Kier molecular flexibility index (Phi) is 5.82. The quantitative estimate of drug-likeness (QED) is 0.796. The molecule has 1 atom stereocenters. The van der Waals surface area contributed by atoms with Crippen LogP contribution in [0.3, 0.4) is 0 Å². The van der Waals surface area contributed by atoms with E-state index in [2.05, 4.69) is 34.2 Å². The highest BCUT2D eigenvalue weighted by Crippen LogP contribution is 2.27. The molecule has 0 aliphatic carbocycles. The molecule has 1 aromatic heterocycles. The highest BCUT2D eigenvalue weighted by Gasteiger charge is 2.16. The Labute approximate surface area is 137 Å². The number of halogens is 1. The fraction of sp³-hybridized carbons (Fsp3) is 0.312. The maximum Gasteiger partial charge on any atom is 0.251 e. The average molecular weight is 368 g/mol. The van der Waals surface area contributed by atoms with Gasteiger partial charge in [-0.2, -0.15) is 0 Å². The minimum atomic E-state index is -0.0646. The summed E-state index contributed by atoms with van der Waals surface area (Å²) < 4.78 is 5.96. The summed E-state index contributed by atoms with van der Waals surface area (Å²) >= 11 is 5.08. The van der Waals surface area contributed by atoms with Gasteiger partial charge in [0, 0.05) is 10.4 Å². The van der Waals surface area contributed by atoms with Gasteiger partial charge >= 0.3 is 0 Å². The summed E-state index contributed by atoms with van der Waals surface area (Å²) in [5.41, 5.74) is 0.625. The van der Waals surface area contributed by atoms with Crippen molar-refractivity contribution in [3.63, 3.8) is 0 Å². The van der Waals surface area contributed by atoms with Crippen molar-refractivity contribution in [2.24, 2.45) is 0 Å². The van der Waals surface area contributed by atoms with Crippen LogP contribution in [0.15, 0.2) is 40.2 Å². The van der Waals surface area contributed by atoms with Crippen LogP contribution in [-0.2, 0) is 0 Å². The fourth-order valence-electron chi connectivity index (χ4n) is 2.11. The Morgan fingerprint density at radius 1 is 1.43 bits per heavy atom. The summed E-state index contributed by atoms with van der Waals surface area (Å²) in [7, 11) is 1.61. The van der Waals surface area contributed by atoms with E-state index in [1.807, 2.05) is 11.4 Å². The zero-order valence-electron chi connectivity index (χ0n) is 12.1. The van der Waals surface area contributed by atoms with Crippen molar-refractivity contribution >= 4 is 33.2 Å². The molecule has 1 N–H and O–H groups in total. The summed E-state index contributed by atoms with van der Waals surface area (Å²) in [5, 5.41) is 5.15. The van der Waals surface area contributed by atoms with Crippen molar-refractivity contribution in [1.82, 2.24) is 5.32 Å². The lowest BCUT2D eigenvalue weighted by Gasteiger charge is -2.17. The van der Waals surface area contributed by atoms with Crippen LogP contribution in [0.5, 0.6) is 5.75 Å². The first-order valence-electron chi connectivity index (χ1n) is 6.83. The SMILES string of the molecule is CCCC(NC(=O)c1ccc(OC)c(Br)c1)c1cccs1. The number of rotatable bonds is 6. The Morgan fingerprint density at radius 2 is 2.24 bits per heavy atom. The number of hydrogen-bond donors (Lipinski definition) is 1. The molecule has 1 unspecified atom stereocenters. The average Bonchev–Trinajstić information content (AvgIpc) is 3.00. The van der Waals surface area contributed by atoms with Crippen molar-refractivity contribution in [3.8, 4) is 5.75 Å². The molecular formula is C16H18BrNO2S. The minimum Gasteiger partial charge on any atom is -0.496 e. The molecule has 0 aliphatic heterocycles. The van der Waals surface area contributed by atoms with E-state index >= 15 is 0 Å². The van der Waals surface area contributed by atoms with Crippen LogP contribution in [0, 0.1) is 0 Å². The van der Waals surface area contributed by atoms with Crippen LogP contribution in [0.2, 0.25) is 0 Å². The molecule has 0 spiro atoms. The molecule has 1 heterocycles. The lowest BCUT2D eigenvalue weighted by Crippen LogP contribution is -2.28. The molecule has 2 rings (SSSR count). The van der Waals surface area contributed by atoms with E-state index in [1.165, 1.54) is 4.88 Å². The van der Waals surface area contributed by atoms with Gasteiger partial charge in [-0.15, -0.1) is 11.3 Å². The summed E-state index contributed by atoms with van der Waals surface area (Å²) in [5.74, 6) is 0.653. The molecule has 0 saturated heterocycles. The topological polar surface area (TPSA) is 38.3 Å². The van der Waals surface area contributed by atoms with Crippen molar-refractivity contribution < 1.29 is 9.53 Å². The first-order chi connectivity index (χ1) is 10.2. The summed E-state index contributed by atoms with van der Waals surface area (Å²) in [6, 6.07) is 9.50. The number of methoxy groups -OCH3 is 1. The number of benzene rings is 1. The van der Waals surface area contributed by atoms with E-state index < -0.39 is 0 Å². The predicted octanol–water partition coefficient (Wildman–Crippen LogP) is 4.79. The lowest BCUT2D eigenvalue weighted by atomic mass is 10.1. The standard InChI is InChI=1S/C16H18BrNO2S/c1-3-5-13(15-6-4-9-21-15)18-16(19)11-7-8-14(20-2)12(17)10-11/h4,6-10,13H,3,5H2,1-2H3,(H,18,19). The third-order valence-electron chi connectivity index (χ3n) is 3.18. The van der Waals surface area contributed by atoms with Crippen LogP contribution in [0.25, 0.3) is 0 Å². The zero-order valence-corrected chi connectivity index (χ0v) is 14.5. The Hall–Kier alpha value is -1.33. The van der Waals surface area contributed by atoms with Crippen LogP contribution in [0.1, 0.15) is 41.0 Å². The second-order valence-corrected chi connectivity index (χ2v) is 6.51. The molecule has 0 radical (unpaired) electrons. The molecule has 21 heavy (non-hydrogen) atoms. The number of amides is 1. The van der Waals surface area contributed by atoms with Gasteiger partial charge in [0.15, 0.2) is 0 Å². The summed E-state index contributed by atoms with van der Waals surface area (Å²) in [6.45, 7) is 2.12. The van der Waals surface area contributed by atoms with Crippen LogP contribution < -0.4 is 10.1 Å². The first-order valence-corrected chi connectivity index (χ1v) is 8.50. The molecule has 112 valence electrons. The van der Waals surface area contributed by atoms with Gasteiger partial charge in [0.05, 0.1) is 17.6 Å². The first kappa shape index (κ1) is 16.0. The van der Waals surface area contributed by atoms with E-state index in [0.717, 1.165) is 23.1 Å². The third kappa shape index (κ3) is 4.08. The van der Waals surface area contributed by atoms with Gasteiger partial charge in [0.25, 0.3) is 5.91 Å². The van der Waals surface area contributed by atoms with Gasteiger partial charge in [0.2, 0.25) is 0 Å². The van der Waals surface area contributed by atoms with Crippen molar-refractivity contribution in [1.29, 1.82) is 0 Å². The smallest absolute Gasteiger partial charge is 0.251 e. The van der Waals surface area contributed by atoms with Gasteiger partial charge in [0.1, 0.15) is 5.75 Å². The normalized spacial score (nSPS) is 12.0. The lowest BCUT2D eigenvalue weighted by molar-refractivity contribution is 0.0935. The summed E-state index contributed by atoms with van der Waals surface area (Å²) in [4.78, 5) is 13.6. The monoisotopic (exact) mass is 367 g/mol. The van der Waals surface area contributed by atoms with Gasteiger partial charge in [-0.05, 0) is 52.0 Å². The fourth-order valence-corrected chi connectivity index (χ4v) is 3.47. The van der Waals surface area contributed by atoms with Crippen molar-refractivity contribution in [3.05, 3.63) is 50.6 Å². The molecule has 1 amide bonds. The Bertz CT molecular complexity index is 598. The molecule has 2 aromatic rings. The predicted molar refractivity (Wildman–Crippen MR) is 90.1 cm³/mol. The number of carbonyl (C=O) groups is 1. The molecule has 0 saturated carbocycles. The molecule has 0 bridgehead atoms. The largest absolute Gasteiger partial charge is 0.496 e. The van der Waals surface area contributed by atoms with E-state index in [4.69, 9.17) is 4.74 Å². The number of hydrogen-bond acceptors (Lipinski definition) is 3. The highest BCUT2D eigenvalue weighted by atomic mass is 79.9. The number of ether oxygens (including phenoxy) is 1. The van der Waals surface area contributed by atoms with E-state index in [9.17, 15) is 4.79 Å². The molecule has 1 aromatic carbocycles. The maximum absolute atomic E-state index is 12.4. The second kappa shape index (κ2) is 7.61. The maximum atomic E-state index is 12.4. The van der Waals surface area contributed by atoms with Crippen LogP contribution in [0.4, 0.5) is 0 Å². The van der Waals surface area contributed by atoms with E-state index in [0.29, 0.717) is 5.56 Å². The van der Waals surface area contributed by atoms with Gasteiger partial charge < -0.3 is 10.1 Å². The number of carbonyl (C=O) groups excluding carboxylic acids is 1. The minimum absolute atomic E-state index is 0.0646. The van der Waals surface area contributed by atoms with Crippen LogP contribution >= 0.6 is 27.3 Å². The molecule has 0 fully saturated rings. The van der Waals surface area contributed by atoms with E-state index in [-0.39, 0.29) is 11.9 Å². The molecule has 5 heteroatoms. The zero-order chi connectivity index (χ0) is 15.2. The van der Waals surface area contributed by atoms with E-state index in [1.54, 1.807) is 36.6 Å². The van der Waals surface area contributed by atoms with Crippen LogP contribution in [-0.4, -0.2) is 13.0 Å². The highest BCUT2D eigenvalue weighted by molar-refractivity contribution is 9.10. The molecule has 3 nitrogen and oxygen atoms in total. The van der Waals surface area contributed by atoms with Crippen molar-refractivity contribution in [2.75, 3.05) is 7.11 Å². The number of thiophene rings is 1. The molecular weight excluding hydrogens is 350 g/mol. The van der Waals surface area contributed by atoms with Gasteiger partial charge in [-0.3, -0.25) is 4.79 Å². The number of nitrogens with one attached hydrogen (secondary N) is 1. The van der Waals surface area contributed by atoms with Crippen molar-refractivity contribution in [2.45, 2.75) is 25.8 Å². The van der Waals surface area contributed by atoms with Gasteiger partial charge in [-0.25, -0.2) is 0 Å².